The predicted octanol–water partition coefficient (Wildman–Crippen LogP) is 3.46. The molecule has 21 heavy (non-hydrogen) atoms. The molecule has 2 rings (SSSR count). The van der Waals surface area contributed by atoms with Gasteiger partial charge in [-0.1, -0.05) is 6.92 Å². The van der Waals surface area contributed by atoms with E-state index in [9.17, 15) is 13.2 Å². The number of pyridine rings is 1. The van der Waals surface area contributed by atoms with Crippen LogP contribution >= 0.6 is 0 Å². The van der Waals surface area contributed by atoms with Gasteiger partial charge >= 0.3 is 6.18 Å². The smallest absolute Gasteiger partial charge is 0.352 e. The Morgan fingerprint density at radius 1 is 1.43 bits per heavy atom. The second kappa shape index (κ2) is 6.64. The number of rotatable bonds is 4. The molecule has 1 aromatic heterocycles. The first kappa shape index (κ1) is 16.1. The molecule has 0 radical (unpaired) electrons. The SMILES string of the molecule is CCNC(C)C1CCCCN1c1ncccc1C(F)(F)F. The topological polar surface area (TPSA) is 28.2 Å². The number of anilines is 1. The predicted molar refractivity (Wildman–Crippen MR) is 77.4 cm³/mol. The first-order chi connectivity index (χ1) is 9.95. The van der Waals surface area contributed by atoms with Crippen LogP contribution < -0.4 is 10.2 Å². The first-order valence-electron chi connectivity index (χ1n) is 7.47. The molecule has 2 heterocycles. The van der Waals surface area contributed by atoms with Gasteiger partial charge < -0.3 is 10.2 Å². The standard InChI is InChI=1S/C15H22F3N3/c1-3-19-11(2)13-8-4-5-10-21(13)14-12(15(16,17)18)7-6-9-20-14/h6-7,9,11,13,19H,3-5,8,10H2,1-2H3. The summed E-state index contributed by atoms with van der Waals surface area (Å²) in [6.45, 7) is 5.47. The van der Waals surface area contributed by atoms with Crippen molar-refractivity contribution in [3.05, 3.63) is 23.9 Å². The minimum absolute atomic E-state index is 0.0506. The zero-order valence-corrected chi connectivity index (χ0v) is 12.5. The number of halogens is 3. The molecular weight excluding hydrogens is 279 g/mol. The quantitative estimate of drug-likeness (QED) is 0.923. The summed E-state index contributed by atoms with van der Waals surface area (Å²) in [5.41, 5.74) is -0.638. The maximum atomic E-state index is 13.2. The van der Waals surface area contributed by atoms with Crippen molar-refractivity contribution >= 4 is 5.82 Å². The summed E-state index contributed by atoms with van der Waals surface area (Å²) in [5, 5.41) is 3.32. The number of aromatic nitrogens is 1. The van der Waals surface area contributed by atoms with Crippen molar-refractivity contribution in [3.63, 3.8) is 0 Å². The molecule has 1 saturated heterocycles. The Bertz CT molecular complexity index is 462. The number of nitrogens with one attached hydrogen (secondary N) is 1. The van der Waals surface area contributed by atoms with E-state index in [2.05, 4.69) is 10.3 Å². The van der Waals surface area contributed by atoms with E-state index < -0.39 is 11.7 Å². The van der Waals surface area contributed by atoms with E-state index in [0.717, 1.165) is 31.9 Å². The molecule has 1 N–H and O–H groups in total. The molecule has 0 saturated carbocycles. The highest BCUT2D eigenvalue weighted by molar-refractivity contribution is 5.50. The number of likely N-dealkylation sites (N-methyl/N-ethyl adjacent to an activating group) is 1. The van der Waals surface area contributed by atoms with Crippen LogP contribution in [-0.2, 0) is 6.18 Å². The highest BCUT2D eigenvalue weighted by Gasteiger charge is 2.38. The van der Waals surface area contributed by atoms with Gasteiger partial charge in [-0.15, -0.1) is 0 Å². The maximum absolute atomic E-state index is 13.2. The summed E-state index contributed by atoms with van der Waals surface area (Å²) in [6.07, 6.45) is -0.0858. The number of hydrogen-bond donors (Lipinski definition) is 1. The Morgan fingerprint density at radius 3 is 2.86 bits per heavy atom. The molecule has 1 aliphatic rings. The summed E-state index contributed by atoms with van der Waals surface area (Å²) in [4.78, 5) is 5.87. The van der Waals surface area contributed by atoms with Gasteiger partial charge in [0.05, 0.1) is 5.56 Å². The summed E-state index contributed by atoms with van der Waals surface area (Å²) < 4.78 is 39.6. The Labute approximate surface area is 123 Å². The third-order valence-electron chi connectivity index (χ3n) is 4.02. The molecule has 0 aliphatic carbocycles. The van der Waals surface area contributed by atoms with Crippen LogP contribution in [-0.4, -0.2) is 30.2 Å². The number of nitrogens with zero attached hydrogens (tertiary/aromatic N) is 2. The average Bonchev–Trinajstić information content (AvgIpc) is 2.46. The lowest BCUT2D eigenvalue weighted by molar-refractivity contribution is -0.137. The van der Waals surface area contributed by atoms with Gasteiger partial charge in [0, 0.05) is 24.8 Å². The normalized spacial score (nSPS) is 21.4. The lowest BCUT2D eigenvalue weighted by Gasteiger charge is -2.41. The third kappa shape index (κ3) is 3.67. The zero-order chi connectivity index (χ0) is 15.5. The van der Waals surface area contributed by atoms with Crippen LogP contribution in [0.25, 0.3) is 0 Å². The number of hydrogen-bond acceptors (Lipinski definition) is 3. The van der Waals surface area contributed by atoms with E-state index in [1.807, 2.05) is 18.7 Å². The zero-order valence-electron chi connectivity index (χ0n) is 12.5. The van der Waals surface area contributed by atoms with Crippen molar-refractivity contribution < 1.29 is 13.2 Å². The molecule has 1 fully saturated rings. The van der Waals surface area contributed by atoms with E-state index in [-0.39, 0.29) is 17.9 Å². The van der Waals surface area contributed by atoms with Crippen molar-refractivity contribution in [1.82, 2.24) is 10.3 Å². The average molecular weight is 301 g/mol. The van der Waals surface area contributed by atoms with Gasteiger partial charge in [0.25, 0.3) is 0 Å². The fourth-order valence-electron chi connectivity index (χ4n) is 3.05. The van der Waals surface area contributed by atoms with Crippen LogP contribution in [0.15, 0.2) is 18.3 Å². The van der Waals surface area contributed by atoms with E-state index in [4.69, 9.17) is 0 Å². The molecule has 0 amide bonds. The Hall–Kier alpha value is -1.30. The number of piperidine rings is 1. The fraction of sp³-hybridized carbons (Fsp3) is 0.667. The summed E-state index contributed by atoms with van der Waals surface area (Å²) >= 11 is 0. The second-order valence-electron chi connectivity index (χ2n) is 5.48. The summed E-state index contributed by atoms with van der Waals surface area (Å²) in [5.74, 6) is 0.0689. The van der Waals surface area contributed by atoms with Crippen molar-refractivity contribution in [2.24, 2.45) is 0 Å². The van der Waals surface area contributed by atoms with Gasteiger partial charge in [-0.25, -0.2) is 4.98 Å². The van der Waals surface area contributed by atoms with Gasteiger partial charge in [0.2, 0.25) is 0 Å². The summed E-state index contributed by atoms with van der Waals surface area (Å²) in [7, 11) is 0. The van der Waals surface area contributed by atoms with Crippen molar-refractivity contribution in [1.29, 1.82) is 0 Å². The Balaban J connectivity index is 2.34. The van der Waals surface area contributed by atoms with Crippen molar-refractivity contribution in [2.45, 2.75) is 51.4 Å². The number of alkyl halides is 3. The van der Waals surface area contributed by atoms with Crippen LogP contribution in [0, 0.1) is 0 Å². The molecule has 0 bridgehead atoms. The van der Waals surface area contributed by atoms with Crippen LogP contribution in [0.4, 0.5) is 19.0 Å². The fourth-order valence-corrected chi connectivity index (χ4v) is 3.05. The van der Waals surface area contributed by atoms with Crippen LogP contribution in [0.2, 0.25) is 0 Å². The minimum Gasteiger partial charge on any atom is -0.352 e. The van der Waals surface area contributed by atoms with E-state index in [1.54, 1.807) is 0 Å². The highest BCUT2D eigenvalue weighted by atomic mass is 19.4. The minimum atomic E-state index is -4.37. The van der Waals surface area contributed by atoms with E-state index in [1.165, 1.54) is 12.3 Å². The lowest BCUT2D eigenvalue weighted by Crippen LogP contribution is -2.52. The molecule has 0 aromatic carbocycles. The molecule has 2 unspecified atom stereocenters. The first-order valence-corrected chi connectivity index (χ1v) is 7.47. The van der Waals surface area contributed by atoms with Gasteiger partial charge in [0.1, 0.15) is 5.82 Å². The van der Waals surface area contributed by atoms with Crippen LogP contribution in [0.3, 0.4) is 0 Å². The molecule has 0 spiro atoms. The van der Waals surface area contributed by atoms with E-state index in [0.29, 0.717) is 6.54 Å². The molecule has 1 aliphatic heterocycles. The van der Waals surface area contributed by atoms with Gasteiger partial charge in [-0.3, -0.25) is 0 Å². The molecule has 118 valence electrons. The largest absolute Gasteiger partial charge is 0.419 e. The molecule has 3 nitrogen and oxygen atoms in total. The lowest BCUT2D eigenvalue weighted by atomic mass is 9.95. The maximum Gasteiger partial charge on any atom is 0.419 e. The van der Waals surface area contributed by atoms with Crippen molar-refractivity contribution in [3.8, 4) is 0 Å². The van der Waals surface area contributed by atoms with Crippen molar-refractivity contribution in [2.75, 3.05) is 18.0 Å². The van der Waals surface area contributed by atoms with Gasteiger partial charge in [-0.05, 0) is 44.9 Å². The Morgan fingerprint density at radius 2 is 2.19 bits per heavy atom. The van der Waals surface area contributed by atoms with Crippen LogP contribution in [0.5, 0.6) is 0 Å². The van der Waals surface area contributed by atoms with Gasteiger partial charge in [0.15, 0.2) is 0 Å². The second-order valence-corrected chi connectivity index (χ2v) is 5.48. The third-order valence-corrected chi connectivity index (χ3v) is 4.02. The highest BCUT2D eigenvalue weighted by Crippen LogP contribution is 2.37. The molecule has 6 heteroatoms. The van der Waals surface area contributed by atoms with Crippen LogP contribution in [0.1, 0.15) is 38.7 Å². The summed E-state index contributed by atoms with van der Waals surface area (Å²) in [6, 6.07) is 2.65. The molecule has 1 aromatic rings. The van der Waals surface area contributed by atoms with E-state index >= 15 is 0 Å². The van der Waals surface area contributed by atoms with Gasteiger partial charge in [-0.2, -0.15) is 13.2 Å². The molecule has 2 atom stereocenters. The molecular formula is C15H22F3N3. The monoisotopic (exact) mass is 301 g/mol. The Kier molecular flexibility index (Phi) is 5.08.